The molecule has 1 aromatic rings. The van der Waals surface area contributed by atoms with E-state index in [0.717, 1.165) is 17.6 Å². The summed E-state index contributed by atoms with van der Waals surface area (Å²) < 4.78 is 0. The van der Waals surface area contributed by atoms with Gasteiger partial charge in [-0.2, -0.15) is 0 Å². The highest BCUT2D eigenvalue weighted by Gasteiger charge is 2.29. The summed E-state index contributed by atoms with van der Waals surface area (Å²) in [4.78, 5) is 1.30. The van der Waals surface area contributed by atoms with Gasteiger partial charge in [0.1, 0.15) is 0 Å². The minimum absolute atomic E-state index is 0.153. The van der Waals surface area contributed by atoms with Gasteiger partial charge in [-0.15, -0.1) is 11.8 Å². The van der Waals surface area contributed by atoms with Crippen LogP contribution in [0.15, 0.2) is 29.2 Å². The highest BCUT2D eigenvalue weighted by Crippen LogP contribution is 2.36. The van der Waals surface area contributed by atoms with Gasteiger partial charge in [-0.05, 0) is 49.1 Å². The van der Waals surface area contributed by atoms with Gasteiger partial charge in [0.2, 0.25) is 0 Å². The molecule has 4 unspecified atom stereocenters. The van der Waals surface area contributed by atoms with Crippen molar-refractivity contribution in [1.82, 2.24) is 0 Å². The van der Waals surface area contributed by atoms with Gasteiger partial charge >= 0.3 is 0 Å². The fraction of sp³-hybridized carbons (Fsp3) is 0.647. The van der Waals surface area contributed by atoms with Gasteiger partial charge in [-0.1, -0.05) is 38.5 Å². The standard InChI is InChI=1S/C17H26OS/c1-12-8-9-15(10-14(12)3)16(18)11-19-17-7-5-4-6-13(17)2/h4-7,12,14-16,18H,8-11H2,1-3H3. The fourth-order valence-electron chi connectivity index (χ4n) is 2.97. The van der Waals surface area contributed by atoms with Crippen LogP contribution in [0.1, 0.15) is 38.7 Å². The van der Waals surface area contributed by atoms with Crippen LogP contribution in [-0.2, 0) is 0 Å². The molecule has 1 fully saturated rings. The molecular weight excluding hydrogens is 252 g/mol. The number of rotatable bonds is 4. The Labute approximate surface area is 121 Å². The molecule has 0 aliphatic heterocycles. The summed E-state index contributed by atoms with van der Waals surface area (Å²) in [6.45, 7) is 6.81. The van der Waals surface area contributed by atoms with E-state index in [1.54, 1.807) is 11.8 Å². The van der Waals surface area contributed by atoms with Gasteiger partial charge in [-0.25, -0.2) is 0 Å². The molecule has 1 nitrogen and oxygen atoms in total. The van der Waals surface area contributed by atoms with Crippen molar-refractivity contribution in [2.45, 2.75) is 51.0 Å². The number of aryl methyl sites for hydroxylation is 1. The normalized spacial score (nSPS) is 29.2. The molecule has 0 radical (unpaired) electrons. The number of hydrogen-bond acceptors (Lipinski definition) is 2. The predicted octanol–water partition coefficient (Wildman–Crippen LogP) is 4.52. The monoisotopic (exact) mass is 278 g/mol. The molecule has 0 bridgehead atoms. The zero-order chi connectivity index (χ0) is 13.8. The maximum Gasteiger partial charge on any atom is 0.0662 e. The minimum Gasteiger partial charge on any atom is -0.392 e. The third-order valence-corrected chi connectivity index (χ3v) is 5.96. The molecule has 0 spiro atoms. The molecule has 1 aromatic carbocycles. The maximum atomic E-state index is 10.4. The molecule has 106 valence electrons. The summed E-state index contributed by atoms with van der Waals surface area (Å²) in [6, 6.07) is 8.43. The van der Waals surface area contributed by atoms with E-state index in [-0.39, 0.29) is 6.10 Å². The fourth-order valence-corrected chi connectivity index (χ4v) is 4.06. The number of hydrogen-bond donors (Lipinski definition) is 1. The first-order valence-electron chi connectivity index (χ1n) is 7.44. The second kappa shape index (κ2) is 6.81. The Hall–Kier alpha value is -0.470. The lowest BCUT2D eigenvalue weighted by Crippen LogP contribution is -2.30. The van der Waals surface area contributed by atoms with Crippen molar-refractivity contribution in [2.24, 2.45) is 17.8 Å². The van der Waals surface area contributed by atoms with Crippen LogP contribution in [0.2, 0.25) is 0 Å². The van der Waals surface area contributed by atoms with Crippen molar-refractivity contribution in [2.75, 3.05) is 5.75 Å². The second-order valence-electron chi connectivity index (χ2n) is 6.17. The molecule has 2 rings (SSSR count). The van der Waals surface area contributed by atoms with Crippen molar-refractivity contribution in [1.29, 1.82) is 0 Å². The third-order valence-electron chi connectivity index (χ3n) is 4.69. The molecular formula is C17H26OS. The van der Waals surface area contributed by atoms with Crippen LogP contribution >= 0.6 is 11.8 Å². The van der Waals surface area contributed by atoms with E-state index < -0.39 is 0 Å². The van der Waals surface area contributed by atoms with E-state index in [0.29, 0.717) is 5.92 Å². The zero-order valence-electron chi connectivity index (χ0n) is 12.3. The molecule has 0 saturated heterocycles. The minimum atomic E-state index is -0.153. The van der Waals surface area contributed by atoms with Crippen LogP contribution in [0.4, 0.5) is 0 Å². The first-order valence-corrected chi connectivity index (χ1v) is 8.43. The quantitative estimate of drug-likeness (QED) is 0.817. The Balaban J connectivity index is 1.85. The van der Waals surface area contributed by atoms with Gasteiger partial charge in [0.25, 0.3) is 0 Å². The largest absolute Gasteiger partial charge is 0.392 e. The van der Waals surface area contributed by atoms with E-state index in [4.69, 9.17) is 0 Å². The molecule has 4 atom stereocenters. The highest BCUT2D eigenvalue weighted by atomic mass is 32.2. The SMILES string of the molecule is Cc1ccccc1SCC(O)C1CCC(C)C(C)C1. The molecule has 1 aliphatic rings. The van der Waals surface area contributed by atoms with Crippen LogP contribution in [-0.4, -0.2) is 17.0 Å². The molecule has 2 heteroatoms. The molecule has 0 amide bonds. The van der Waals surface area contributed by atoms with Gasteiger partial charge < -0.3 is 5.11 Å². The van der Waals surface area contributed by atoms with Crippen LogP contribution in [0, 0.1) is 24.7 Å². The summed E-state index contributed by atoms with van der Waals surface area (Å²) >= 11 is 1.80. The van der Waals surface area contributed by atoms with Gasteiger partial charge in [0.15, 0.2) is 0 Å². The topological polar surface area (TPSA) is 20.2 Å². The summed E-state index contributed by atoms with van der Waals surface area (Å²) in [6.07, 6.45) is 3.51. The molecule has 0 aromatic heterocycles. The van der Waals surface area contributed by atoms with Crippen molar-refractivity contribution < 1.29 is 5.11 Å². The van der Waals surface area contributed by atoms with Crippen LogP contribution < -0.4 is 0 Å². The molecule has 19 heavy (non-hydrogen) atoms. The third kappa shape index (κ3) is 4.00. The van der Waals surface area contributed by atoms with Gasteiger partial charge in [0.05, 0.1) is 6.10 Å². The Morgan fingerprint density at radius 2 is 1.95 bits per heavy atom. The average molecular weight is 278 g/mol. The molecule has 1 N–H and O–H groups in total. The number of aliphatic hydroxyl groups excluding tert-OH is 1. The number of aliphatic hydroxyl groups is 1. The van der Waals surface area contributed by atoms with Crippen LogP contribution in [0.25, 0.3) is 0 Å². The van der Waals surface area contributed by atoms with E-state index in [2.05, 4.69) is 45.0 Å². The zero-order valence-corrected chi connectivity index (χ0v) is 13.1. The smallest absolute Gasteiger partial charge is 0.0662 e. The molecule has 0 heterocycles. The van der Waals surface area contributed by atoms with E-state index in [9.17, 15) is 5.11 Å². The first-order chi connectivity index (χ1) is 9.08. The van der Waals surface area contributed by atoms with Crippen LogP contribution in [0.5, 0.6) is 0 Å². The summed E-state index contributed by atoms with van der Waals surface area (Å²) in [7, 11) is 0. The summed E-state index contributed by atoms with van der Waals surface area (Å²) in [5.41, 5.74) is 1.31. The second-order valence-corrected chi connectivity index (χ2v) is 7.23. The summed E-state index contributed by atoms with van der Waals surface area (Å²) in [5.74, 6) is 2.92. The highest BCUT2D eigenvalue weighted by molar-refractivity contribution is 7.99. The lowest BCUT2D eigenvalue weighted by atomic mass is 9.74. The van der Waals surface area contributed by atoms with Crippen molar-refractivity contribution in [3.05, 3.63) is 29.8 Å². The Bertz CT molecular complexity index is 404. The Kier molecular flexibility index (Phi) is 5.35. The Morgan fingerprint density at radius 1 is 1.21 bits per heavy atom. The van der Waals surface area contributed by atoms with E-state index in [1.165, 1.54) is 29.7 Å². The van der Waals surface area contributed by atoms with Crippen LogP contribution in [0.3, 0.4) is 0 Å². The molecule has 1 saturated carbocycles. The summed E-state index contributed by atoms with van der Waals surface area (Å²) in [5, 5.41) is 10.4. The Morgan fingerprint density at radius 3 is 2.63 bits per heavy atom. The van der Waals surface area contributed by atoms with E-state index in [1.807, 2.05) is 0 Å². The maximum absolute atomic E-state index is 10.4. The lowest BCUT2D eigenvalue weighted by Gasteiger charge is -2.34. The van der Waals surface area contributed by atoms with Crippen molar-refractivity contribution >= 4 is 11.8 Å². The lowest BCUT2D eigenvalue weighted by molar-refractivity contribution is 0.0729. The van der Waals surface area contributed by atoms with Crippen molar-refractivity contribution in [3.8, 4) is 0 Å². The average Bonchev–Trinajstić information content (AvgIpc) is 2.40. The number of benzene rings is 1. The first kappa shape index (κ1) is 14.9. The molecule has 1 aliphatic carbocycles. The van der Waals surface area contributed by atoms with Gasteiger partial charge in [0, 0.05) is 10.6 Å². The van der Waals surface area contributed by atoms with Gasteiger partial charge in [-0.3, -0.25) is 0 Å². The number of thioether (sulfide) groups is 1. The van der Waals surface area contributed by atoms with E-state index >= 15 is 0 Å². The van der Waals surface area contributed by atoms with Crippen molar-refractivity contribution in [3.63, 3.8) is 0 Å². The predicted molar refractivity (Wildman–Crippen MR) is 83.6 cm³/mol.